The molecule has 3 fully saturated rings. The third-order valence-electron chi connectivity index (χ3n) is 8.28. The van der Waals surface area contributed by atoms with Crippen LogP contribution in [0.3, 0.4) is 0 Å². The lowest BCUT2D eigenvalue weighted by molar-refractivity contribution is -0.0422. The molecule has 0 aliphatic carbocycles. The van der Waals surface area contributed by atoms with Crippen molar-refractivity contribution in [2.45, 2.75) is 57.3 Å². The number of aromatic nitrogens is 4. The van der Waals surface area contributed by atoms with Crippen molar-refractivity contribution in [3.63, 3.8) is 0 Å². The van der Waals surface area contributed by atoms with Crippen molar-refractivity contribution in [2.24, 2.45) is 5.92 Å². The Hall–Kier alpha value is -3.11. The van der Waals surface area contributed by atoms with Crippen molar-refractivity contribution >= 4 is 34.2 Å². The molecule has 3 aromatic rings. The van der Waals surface area contributed by atoms with Crippen molar-refractivity contribution in [1.82, 2.24) is 19.9 Å². The number of fused-ring (bicyclic) bond motifs is 1. The largest absolute Gasteiger partial charge is 0.390 e. The molecule has 0 amide bonds. The van der Waals surface area contributed by atoms with Gasteiger partial charge in [0.15, 0.2) is 5.67 Å². The van der Waals surface area contributed by atoms with Crippen LogP contribution in [-0.4, -0.2) is 75.7 Å². The summed E-state index contributed by atoms with van der Waals surface area (Å²) in [5, 5.41) is 15.5. The Labute approximate surface area is 216 Å². The first-order valence-electron chi connectivity index (χ1n) is 13.1. The summed E-state index contributed by atoms with van der Waals surface area (Å²) in [7, 11) is 0. The fourth-order valence-corrected chi connectivity index (χ4v) is 5.44. The number of halogens is 1. The molecule has 0 spiro atoms. The van der Waals surface area contributed by atoms with Gasteiger partial charge in [0.2, 0.25) is 5.95 Å². The topological polar surface area (TPSA) is 99.5 Å². The van der Waals surface area contributed by atoms with Gasteiger partial charge in [0.05, 0.1) is 25.9 Å². The highest BCUT2D eigenvalue weighted by molar-refractivity contribution is 5.96. The Morgan fingerprint density at radius 2 is 1.97 bits per heavy atom. The van der Waals surface area contributed by atoms with Crippen LogP contribution < -0.4 is 15.1 Å². The molecule has 6 rings (SSSR count). The third kappa shape index (κ3) is 4.46. The molecular weight excluding hydrogens is 473 g/mol. The van der Waals surface area contributed by atoms with Gasteiger partial charge in [0.25, 0.3) is 0 Å². The summed E-state index contributed by atoms with van der Waals surface area (Å²) in [4.78, 5) is 22.7. The molecule has 6 heterocycles. The number of nitrogens with one attached hydrogen (secondary N) is 1. The minimum atomic E-state index is -1.71. The van der Waals surface area contributed by atoms with Gasteiger partial charge in [0.1, 0.15) is 17.5 Å². The molecule has 0 aromatic carbocycles. The molecule has 0 radical (unpaired) electrons. The third-order valence-corrected chi connectivity index (χ3v) is 8.28. The van der Waals surface area contributed by atoms with E-state index in [1.165, 1.54) is 18.9 Å². The normalized spacial score (nSPS) is 27.1. The van der Waals surface area contributed by atoms with Crippen LogP contribution in [0.4, 0.5) is 27.8 Å². The van der Waals surface area contributed by atoms with Crippen LogP contribution >= 0.6 is 0 Å². The maximum Gasteiger partial charge on any atom is 0.227 e. The van der Waals surface area contributed by atoms with Crippen LogP contribution in [0.2, 0.25) is 0 Å². The smallest absolute Gasteiger partial charge is 0.227 e. The second kappa shape index (κ2) is 9.33. The summed E-state index contributed by atoms with van der Waals surface area (Å²) in [6, 6.07) is 4.32. The fourth-order valence-electron chi connectivity index (χ4n) is 5.44. The van der Waals surface area contributed by atoms with Gasteiger partial charge in [-0.25, -0.2) is 19.3 Å². The number of anilines is 4. The number of rotatable bonds is 6. The zero-order chi connectivity index (χ0) is 25.7. The van der Waals surface area contributed by atoms with E-state index in [1.807, 2.05) is 12.4 Å². The monoisotopic (exact) mass is 507 g/mol. The highest BCUT2D eigenvalue weighted by Crippen LogP contribution is 2.39. The maximum absolute atomic E-state index is 14.7. The Bertz CT molecular complexity index is 1300. The van der Waals surface area contributed by atoms with Crippen LogP contribution in [0.25, 0.3) is 10.8 Å². The molecule has 3 saturated heterocycles. The summed E-state index contributed by atoms with van der Waals surface area (Å²) in [6.07, 6.45) is 6.11. The van der Waals surface area contributed by atoms with Crippen molar-refractivity contribution in [1.29, 1.82) is 0 Å². The number of aliphatic hydroxyl groups is 1. The molecule has 2 N–H and O–H groups in total. The molecule has 4 atom stereocenters. The molecule has 0 bridgehead atoms. The van der Waals surface area contributed by atoms with Gasteiger partial charge in [-0.05, 0) is 55.7 Å². The average molecular weight is 508 g/mol. The summed E-state index contributed by atoms with van der Waals surface area (Å²) in [5.74, 6) is 3.47. The highest BCUT2D eigenvalue weighted by Gasteiger charge is 2.39. The van der Waals surface area contributed by atoms with Crippen molar-refractivity contribution in [3.8, 4) is 0 Å². The highest BCUT2D eigenvalue weighted by atomic mass is 19.1. The summed E-state index contributed by atoms with van der Waals surface area (Å²) < 4.78 is 20.2. The first kappa shape index (κ1) is 24.2. The summed E-state index contributed by atoms with van der Waals surface area (Å²) >= 11 is 0. The molecule has 9 nitrogen and oxygen atoms in total. The first-order valence-corrected chi connectivity index (χ1v) is 13.1. The lowest BCUT2D eigenvalue weighted by Crippen LogP contribution is -2.52. The van der Waals surface area contributed by atoms with Crippen LogP contribution in [-0.2, 0) is 4.74 Å². The second-order valence-corrected chi connectivity index (χ2v) is 10.9. The van der Waals surface area contributed by atoms with E-state index in [1.54, 1.807) is 17.2 Å². The predicted molar refractivity (Wildman–Crippen MR) is 141 cm³/mol. The zero-order valence-corrected chi connectivity index (χ0v) is 21.6. The standard InChI is InChI=1S/C27H34FN7O2/c1-16-5-9-35(16)25-21-12-30-24(10-19(21)20(11-31-25)17(2)18-13-37-14-18)32-23-4-7-29-26(33-23)34-8-6-22(36)27(3,28)15-34/h4,7,10-12,16-18,22,36H,5-6,8-9,13-15H2,1-3H3,(H,29,30,32,33)/t16-,17?,22?,27?/m1/s1. The summed E-state index contributed by atoms with van der Waals surface area (Å²) in [5.41, 5.74) is -0.508. The number of ether oxygens (including phenoxy) is 1. The van der Waals surface area contributed by atoms with Crippen molar-refractivity contribution in [3.05, 3.63) is 36.3 Å². The molecule has 196 valence electrons. The SMILES string of the molecule is CC(c1cnc(N2CC[C@H]2C)c2cnc(Nc3ccnc(N4CCC(O)C(C)(F)C4)n3)cc12)C1COC1. The van der Waals surface area contributed by atoms with Gasteiger partial charge in [0, 0.05) is 49.0 Å². The minimum Gasteiger partial charge on any atom is -0.390 e. The van der Waals surface area contributed by atoms with Gasteiger partial charge in [-0.2, -0.15) is 4.98 Å². The molecule has 3 aromatic heterocycles. The van der Waals surface area contributed by atoms with Gasteiger partial charge in [-0.15, -0.1) is 0 Å². The van der Waals surface area contributed by atoms with Crippen LogP contribution in [0.1, 0.15) is 45.1 Å². The van der Waals surface area contributed by atoms with Crippen molar-refractivity contribution in [2.75, 3.05) is 48.0 Å². The van der Waals surface area contributed by atoms with E-state index in [4.69, 9.17) is 14.7 Å². The van der Waals surface area contributed by atoms with Gasteiger partial charge < -0.3 is 25.0 Å². The van der Waals surface area contributed by atoms with E-state index in [-0.39, 0.29) is 6.54 Å². The maximum atomic E-state index is 14.7. The number of hydrogen-bond donors (Lipinski definition) is 2. The number of piperidine rings is 1. The Morgan fingerprint density at radius 1 is 1.14 bits per heavy atom. The van der Waals surface area contributed by atoms with Gasteiger partial charge >= 0.3 is 0 Å². The van der Waals surface area contributed by atoms with E-state index < -0.39 is 11.8 Å². The van der Waals surface area contributed by atoms with E-state index in [9.17, 15) is 9.50 Å². The number of pyridine rings is 2. The predicted octanol–water partition coefficient (Wildman–Crippen LogP) is 3.81. The zero-order valence-electron chi connectivity index (χ0n) is 21.6. The second-order valence-electron chi connectivity index (χ2n) is 10.9. The Kier molecular flexibility index (Phi) is 6.11. The number of hydrogen-bond acceptors (Lipinski definition) is 9. The number of nitrogens with zero attached hydrogens (tertiary/aromatic N) is 6. The molecule has 3 aliphatic rings. The van der Waals surface area contributed by atoms with Gasteiger partial charge in [-0.1, -0.05) is 6.92 Å². The van der Waals surface area contributed by atoms with E-state index >= 15 is 0 Å². The molecule has 3 unspecified atom stereocenters. The van der Waals surface area contributed by atoms with E-state index in [2.05, 4.69) is 40.1 Å². The molecule has 0 saturated carbocycles. The summed E-state index contributed by atoms with van der Waals surface area (Å²) in [6.45, 7) is 8.99. The van der Waals surface area contributed by atoms with Crippen LogP contribution in [0.5, 0.6) is 0 Å². The Morgan fingerprint density at radius 3 is 2.65 bits per heavy atom. The van der Waals surface area contributed by atoms with Gasteiger partial charge in [-0.3, -0.25) is 0 Å². The Balaban J connectivity index is 1.31. The molecular formula is C27H34FN7O2. The number of alkyl halides is 1. The quantitative estimate of drug-likeness (QED) is 0.516. The minimum absolute atomic E-state index is 0.0443. The first-order chi connectivity index (χ1) is 17.8. The lowest BCUT2D eigenvalue weighted by Gasteiger charge is -2.40. The van der Waals surface area contributed by atoms with Crippen molar-refractivity contribution < 1.29 is 14.2 Å². The lowest BCUT2D eigenvalue weighted by atomic mass is 9.85. The average Bonchev–Trinajstić information content (AvgIpc) is 2.84. The van der Waals surface area contributed by atoms with Crippen LogP contribution in [0, 0.1) is 5.92 Å². The van der Waals surface area contributed by atoms with E-state index in [0.717, 1.165) is 36.3 Å². The molecule has 37 heavy (non-hydrogen) atoms. The molecule has 10 heteroatoms. The molecule has 3 aliphatic heterocycles. The fraction of sp³-hybridized carbons (Fsp3) is 0.556. The number of aliphatic hydroxyl groups excluding tert-OH is 1. The van der Waals surface area contributed by atoms with Crippen LogP contribution in [0.15, 0.2) is 30.7 Å². The van der Waals surface area contributed by atoms with E-state index in [0.29, 0.717) is 48.4 Å².